The summed E-state index contributed by atoms with van der Waals surface area (Å²) in [6, 6.07) is 0. The average molecular weight is 148 g/mol. The van der Waals surface area contributed by atoms with Gasteiger partial charge in [0.2, 0.25) is 0 Å². The first-order valence-electron chi connectivity index (χ1n) is 1.26. The zero-order valence-electron chi connectivity index (χ0n) is 5.63. The predicted octanol–water partition coefficient (Wildman–Crippen LogP) is -2.34. The summed E-state index contributed by atoms with van der Waals surface area (Å²) in [7, 11) is 0. The van der Waals surface area contributed by atoms with Crippen molar-refractivity contribution in [3.63, 3.8) is 0 Å². The van der Waals surface area contributed by atoms with Crippen LogP contribution in [0.2, 0.25) is 0 Å². The molecule has 0 aliphatic rings. The maximum absolute atomic E-state index is 9.46. The van der Waals surface area contributed by atoms with Crippen molar-refractivity contribution in [1.29, 1.82) is 0 Å². The summed E-state index contributed by atoms with van der Waals surface area (Å²) in [6.07, 6.45) is 0. The van der Waals surface area contributed by atoms with Gasteiger partial charge in [0.05, 0.1) is 0 Å². The largest absolute Gasteiger partial charge is 2.00 e. The van der Waals surface area contributed by atoms with E-state index in [1.807, 2.05) is 0 Å². The van der Waals surface area contributed by atoms with Gasteiger partial charge in [-0.3, -0.25) is 4.89 Å². The van der Waals surface area contributed by atoms with Gasteiger partial charge in [0.1, 0.15) is 6.61 Å². The van der Waals surface area contributed by atoms with Crippen molar-refractivity contribution in [2.24, 2.45) is 0 Å². The molecule has 0 aromatic carbocycles. The minimum Gasteiger partial charge on any atom is -1.00 e. The molecule has 0 saturated carbocycles. The number of hydrogen-bond acceptors (Lipinski definition) is 4. The Labute approximate surface area is 76.0 Å². The van der Waals surface area contributed by atoms with Gasteiger partial charge in [0, 0.05) is 0 Å². The van der Waals surface area contributed by atoms with E-state index in [2.05, 4.69) is 4.89 Å². The van der Waals surface area contributed by atoms with Crippen LogP contribution in [0.5, 0.6) is 0 Å². The molecule has 0 aliphatic heterocycles. The Morgan fingerprint density at radius 1 is 1.75 bits per heavy atom. The van der Waals surface area contributed by atoms with Gasteiger partial charge in [-0.05, 0) is 0 Å². The molecule has 0 radical (unpaired) electrons. The summed E-state index contributed by atoms with van der Waals surface area (Å²) >= 11 is 0. The molecule has 0 atom stereocenters. The number of carbonyl (C=O) groups is 1. The Balaban J connectivity index is -0.0000000208. The summed E-state index contributed by atoms with van der Waals surface area (Å²) in [5, 5.41) is 15.0. The predicted molar refractivity (Wildman–Crippen MR) is 33.7 cm³/mol. The molecule has 6 heteroatoms. The Bertz CT molecular complexity index is 59.2. The second-order valence-electron chi connectivity index (χ2n) is 0.621. The van der Waals surface area contributed by atoms with Crippen molar-refractivity contribution < 1.29 is 22.9 Å². The van der Waals surface area contributed by atoms with E-state index < -0.39 is 12.6 Å². The van der Waals surface area contributed by atoms with Crippen LogP contribution in [0, 0.1) is 0 Å². The van der Waals surface area contributed by atoms with E-state index in [1.54, 1.807) is 0 Å². The molecule has 2 N–H and O–H groups in total. The van der Waals surface area contributed by atoms with Crippen molar-refractivity contribution in [2.45, 2.75) is 0 Å². The Morgan fingerprint density at radius 3 is 2.12 bits per heavy atom. The Hall–Kier alpha value is 0.689. The number of aliphatic hydroxyl groups excluding tert-OH is 1. The van der Waals surface area contributed by atoms with Crippen LogP contribution in [0.4, 0.5) is 0 Å². The van der Waals surface area contributed by atoms with Gasteiger partial charge in [-0.25, -0.2) is 4.79 Å². The molecule has 0 heterocycles. The number of rotatable bonds is 1. The zero-order valence-corrected chi connectivity index (χ0v) is 5.04. The first kappa shape index (κ1) is 15.9. The molecule has 0 spiro atoms. The molecule has 0 rings (SSSR count). The van der Waals surface area contributed by atoms with Gasteiger partial charge in [0.25, 0.3) is 0 Å². The van der Waals surface area contributed by atoms with Crippen LogP contribution in [0.3, 0.4) is 0 Å². The van der Waals surface area contributed by atoms with Crippen molar-refractivity contribution in [1.82, 2.24) is 0 Å². The van der Waals surface area contributed by atoms with Gasteiger partial charge in [-0.1, -0.05) is 0 Å². The smallest absolute Gasteiger partial charge is 1.00 e. The summed E-state index contributed by atoms with van der Waals surface area (Å²) in [4.78, 5) is 12.5. The molecule has 8 heavy (non-hydrogen) atoms. The van der Waals surface area contributed by atoms with Crippen LogP contribution in [0.25, 0.3) is 0 Å². The third kappa shape index (κ3) is 9.85. The summed E-state index contributed by atoms with van der Waals surface area (Å²) in [5.41, 5.74) is 0. The normalized spacial score (nSPS) is 5.75. The molecule has 0 unspecified atom stereocenters. The van der Waals surface area contributed by atoms with Gasteiger partial charge >= 0.3 is 29.0 Å². The van der Waals surface area contributed by atoms with Gasteiger partial charge < -0.3 is 7.96 Å². The summed E-state index contributed by atoms with van der Waals surface area (Å²) in [5.74, 6) is -1.05. The van der Waals surface area contributed by atoms with E-state index in [1.165, 1.54) is 0 Å². The van der Waals surface area contributed by atoms with Crippen LogP contribution in [-0.2, 0) is 9.68 Å². The van der Waals surface area contributed by atoms with Crippen molar-refractivity contribution in [3.8, 4) is 0 Å². The second kappa shape index (κ2) is 10.6. The molecule has 0 amide bonds. The standard InChI is InChI=1S/C2H4O4.Al.Mg.5H/c3-1-2(4)6-5;;;;;;;/h3,5H,1H2;;;;;;;/q;;+2;;;;2*-1. The van der Waals surface area contributed by atoms with Crippen LogP contribution in [0.15, 0.2) is 0 Å². The number of carbonyl (C=O) groups excluding carboxylic acids is 1. The quantitative estimate of drug-likeness (QED) is 0.248. The average Bonchev–Trinajstić information content (AvgIpc) is 1.65. The molecule has 0 aromatic rings. The first-order chi connectivity index (χ1) is 2.81. The molecular formula is C2H9AlMgO4. The van der Waals surface area contributed by atoms with E-state index in [4.69, 9.17) is 10.4 Å². The fraction of sp³-hybridized carbons (Fsp3) is 0.500. The fourth-order valence-corrected chi connectivity index (χ4v) is 0.0289. The Morgan fingerprint density at radius 2 is 2.12 bits per heavy atom. The SMILES string of the molecule is O=C(CO)OO.[AlH3].[H-].[H-].[Mg+2]. The Kier molecular flexibility index (Phi) is 21.1. The topological polar surface area (TPSA) is 66.8 Å². The second-order valence-corrected chi connectivity index (χ2v) is 0.621. The maximum atomic E-state index is 9.46. The van der Waals surface area contributed by atoms with E-state index >= 15 is 0 Å². The molecular weight excluding hydrogens is 139 g/mol. The van der Waals surface area contributed by atoms with Crippen LogP contribution >= 0.6 is 0 Å². The van der Waals surface area contributed by atoms with Crippen LogP contribution < -0.4 is 0 Å². The molecule has 0 saturated heterocycles. The summed E-state index contributed by atoms with van der Waals surface area (Å²) < 4.78 is 0. The maximum Gasteiger partial charge on any atom is 2.00 e. The van der Waals surface area contributed by atoms with Gasteiger partial charge in [-0.15, -0.1) is 0 Å². The van der Waals surface area contributed by atoms with Crippen molar-refractivity contribution in [2.75, 3.05) is 6.61 Å². The van der Waals surface area contributed by atoms with E-state index in [0.717, 1.165) is 0 Å². The van der Waals surface area contributed by atoms with Crippen LogP contribution in [0.1, 0.15) is 2.85 Å². The van der Waals surface area contributed by atoms with Gasteiger partial charge in [-0.2, -0.15) is 5.26 Å². The van der Waals surface area contributed by atoms with Crippen molar-refractivity contribution in [3.05, 3.63) is 0 Å². The minimum atomic E-state index is -1.05. The molecule has 0 aromatic heterocycles. The molecule has 0 aliphatic carbocycles. The fourth-order valence-electron chi connectivity index (χ4n) is 0.0289. The van der Waals surface area contributed by atoms with E-state index in [-0.39, 0.29) is 43.3 Å². The number of aliphatic hydroxyl groups is 1. The molecule has 46 valence electrons. The van der Waals surface area contributed by atoms with Crippen LogP contribution in [-0.4, -0.2) is 63.4 Å². The molecule has 4 nitrogen and oxygen atoms in total. The zero-order chi connectivity index (χ0) is 4.99. The van der Waals surface area contributed by atoms with Crippen molar-refractivity contribution >= 4 is 46.4 Å². The third-order valence-electron chi connectivity index (χ3n) is 0.231. The minimum absolute atomic E-state index is 0. The first-order valence-corrected chi connectivity index (χ1v) is 1.26. The summed E-state index contributed by atoms with van der Waals surface area (Å²) in [6.45, 7) is -0.781. The molecule has 0 bridgehead atoms. The monoisotopic (exact) mass is 148 g/mol. The molecule has 0 fully saturated rings. The van der Waals surface area contributed by atoms with E-state index in [0.29, 0.717) is 0 Å². The third-order valence-corrected chi connectivity index (χ3v) is 0.231. The number of hydrogen-bond donors (Lipinski definition) is 2. The van der Waals surface area contributed by atoms with Gasteiger partial charge in [0.15, 0.2) is 17.4 Å². The van der Waals surface area contributed by atoms with E-state index in [9.17, 15) is 4.79 Å².